The molecule has 6 nitrogen and oxygen atoms in total. The first kappa shape index (κ1) is 19.7. The summed E-state index contributed by atoms with van der Waals surface area (Å²) in [5.74, 6) is 0. The fraction of sp³-hybridized carbons (Fsp3) is 0.130. The number of carbonyl (C=O) groups is 1. The molecule has 0 radical (unpaired) electrons. The summed E-state index contributed by atoms with van der Waals surface area (Å²) in [6.45, 7) is 2.94. The number of aryl methyl sites for hydroxylation is 1. The van der Waals surface area contributed by atoms with E-state index >= 15 is 0 Å². The van der Waals surface area contributed by atoms with Crippen molar-refractivity contribution in [2.45, 2.75) is 17.6 Å². The first-order valence-corrected chi connectivity index (χ1v) is 11.5. The second-order valence-electron chi connectivity index (χ2n) is 7.33. The molecule has 2 aromatic heterocycles. The van der Waals surface area contributed by atoms with Gasteiger partial charge in [0.2, 0.25) is 0 Å². The van der Waals surface area contributed by atoms with E-state index in [1.54, 1.807) is 34.2 Å². The summed E-state index contributed by atoms with van der Waals surface area (Å²) in [6, 6.07) is 16.9. The van der Waals surface area contributed by atoms with E-state index in [0.29, 0.717) is 11.1 Å². The van der Waals surface area contributed by atoms with E-state index in [4.69, 9.17) is 0 Å². The minimum atomic E-state index is -0.297. The summed E-state index contributed by atoms with van der Waals surface area (Å²) in [7, 11) is 0. The van der Waals surface area contributed by atoms with Gasteiger partial charge in [-0.3, -0.25) is 14.1 Å². The van der Waals surface area contributed by atoms with Crippen molar-refractivity contribution in [1.29, 1.82) is 0 Å². The minimum Gasteiger partial charge on any atom is -0.384 e. The van der Waals surface area contributed by atoms with Gasteiger partial charge in [0, 0.05) is 40.1 Å². The lowest BCUT2D eigenvalue weighted by Crippen LogP contribution is -2.22. The normalized spacial score (nSPS) is 12.4. The van der Waals surface area contributed by atoms with Crippen LogP contribution in [0.4, 0.5) is 16.2 Å². The Morgan fingerprint density at radius 3 is 2.74 bits per heavy atom. The lowest BCUT2D eigenvalue weighted by molar-refractivity contribution is 0.257. The van der Waals surface area contributed by atoms with Gasteiger partial charge in [0.15, 0.2) is 0 Å². The summed E-state index contributed by atoms with van der Waals surface area (Å²) in [5.41, 5.74) is 3.66. The van der Waals surface area contributed by atoms with Gasteiger partial charge in [-0.2, -0.15) is 0 Å². The highest BCUT2D eigenvalue weighted by Crippen LogP contribution is 2.27. The fourth-order valence-electron chi connectivity index (χ4n) is 3.67. The molecule has 0 aliphatic carbocycles. The predicted octanol–water partition coefficient (Wildman–Crippen LogP) is 5.16. The van der Waals surface area contributed by atoms with Crippen molar-refractivity contribution < 1.29 is 4.79 Å². The second kappa shape index (κ2) is 8.13. The number of benzene rings is 2. The number of hydrogen-bond donors (Lipinski definition) is 3. The van der Waals surface area contributed by atoms with Crippen LogP contribution in [0.5, 0.6) is 0 Å². The molecule has 0 saturated carbocycles. The van der Waals surface area contributed by atoms with Crippen LogP contribution >= 0.6 is 23.3 Å². The Morgan fingerprint density at radius 2 is 1.97 bits per heavy atom. The van der Waals surface area contributed by atoms with Crippen LogP contribution in [0.15, 0.2) is 69.8 Å². The number of rotatable bonds is 4. The molecule has 0 saturated heterocycles. The highest BCUT2D eigenvalue weighted by molar-refractivity contribution is 7.99. The minimum absolute atomic E-state index is 0.0479. The molecule has 31 heavy (non-hydrogen) atoms. The SMILES string of the molecule is Cc1ccc(SNC(=O)Nc2ccc(-n3ccc4cc5c(cc4c3=O)CCN5)cc2)s1. The van der Waals surface area contributed by atoms with Crippen molar-refractivity contribution in [2.75, 3.05) is 17.2 Å². The number of urea groups is 1. The van der Waals surface area contributed by atoms with Gasteiger partial charge < -0.3 is 10.6 Å². The van der Waals surface area contributed by atoms with E-state index in [0.717, 1.165) is 33.9 Å². The van der Waals surface area contributed by atoms with E-state index in [1.807, 2.05) is 49.4 Å². The monoisotopic (exact) mass is 448 g/mol. The zero-order valence-corrected chi connectivity index (χ0v) is 18.4. The number of pyridine rings is 1. The number of hydrogen-bond acceptors (Lipinski definition) is 5. The third-order valence-corrected chi connectivity index (χ3v) is 7.12. The van der Waals surface area contributed by atoms with Gasteiger partial charge >= 0.3 is 6.03 Å². The molecule has 0 spiro atoms. The molecule has 4 aromatic rings. The summed E-state index contributed by atoms with van der Waals surface area (Å²) in [6.07, 6.45) is 2.73. The average molecular weight is 449 g/mol. The topological polar surface area (TPSA) is 75.2 Å². The summed E-state index contributed by atoms with van der Waals surface area (Å²) >= 11 is 2.92. The number of thiophene rings is 1. The Bertz CT molecular complexity index is 1340. The summed E-state index contributed by atoms with van der Waals surface area (Å²) in [4.78, 5) is 26.4. The smallest absolute Gasteiger partial charge is 0.329 e. The predicted molar refractivity (Wildman–Crippen MR) is 129 cm³/mol. The van der Waals surface area contributed by atoms with Crippen molar-refractivity contribution in [2.24, 2.45) is 0 Å². The standard InChI is InChI=1S/C23H20N4O2S2/c1-14-2-7-21(30-14)31-26-23(29)25-17-3-5-18(6-4-17)27-11-9-15-13-20-16(8-10-24-20)12-19(15)22(27)28/h2-7,9,11-13,24H,8,10H2,1H3,(H2,25,26,29). The molecule has 2 aromatic carbocycles. The largest absolute Gasteiger partial charge is 0.384 e. The van der Waals surface area contributed by atoms with Crippen molar-refractivity contribution in [3.63, 3.8) is 0 Å². The maximum absolute atomic E-state index is 13.1. The molecule has 1 aliphatic heterocycles. The Labute approximate surface area is 187 Å². The number of nitrogens with zero attached hydrogens (tertiary/aromatic N) is 1. The molecule has 5 rings (SSSR count). The zero-order chi connectivity index (χ0) is 21.4. The van der Waals surface area contributed by atoms with Gasteiger partial charge in [-0.05, 0) is 90.8 Å². The summed E-state index contributed by atoms with van der Waals surface area (Å²) in [5, 5.41) is 7.81. The Morgan fingerprint density at radius 1 is 1.13 bits per heavy atom. The van der Waals surface area contributed by atoms with Crippen LogP contribution in [0.3, 0.4) is 0 Å². The third-order valence-electron chi connectivity index (χ3n) is 5.20. The van der Waals surface area contributed by atoms with E-state index in [9.17, 15) is 9.59 Å². The van der Waals surface area contributed by atoms with E-state index in [-0.39, 0.29) is 11.6 Å². The van der Waals surface area contributed by atoms with Crippen LogP contribution in [0.1, 0.15) is 10.4 Å². The molecule has 0 atom stereocenters. The molecule has 3 N–H and O–H groups in total. The van der Waals surface area contributed by atoms with Gasteiger partial charge in [0.05, 0.1) is 4.21 Å². The fourth-order valence-corrected chi connectivity index (χ4v) is 5.32. The van der Waals surface area contributed by atoms with Crippen molar-refractivity contribution >= 4 is 51.5 Å². The number of carbonyl (C=O) groups excluding carboxylic acids is 1. The van der Waals surface area contributed by atoms with Gasteiger partial charge in [0.1, 0.15) is 0 Å². The van der Waals surface area contributed by atoms with E-state index < -0.39 is 0 Å². The van der Waals surface area contributed by atoms with Crippen LogP contribution in [0.25, 0.3) is 16.5 Å². The average Bonchev–Trinajstić information content (AvgIpc) is 3.40. The van der Waals surface area contributed by atoms with Crippen LogP contribution in [-0.2, 0) is 6.42 Å². The van der Waals surface area contributed by atoms with Crippen LogP contribution in [0.2, 0.25) is 0 Å². The van der Waals surface area contributed by atoms with Gasteiger partial charge in [-0.1, -0.05) is 0 Å². The van der Waals surface area contributed by atoms with Crippen LogP contribution in [0, 0.1) is 6.92 Å². The molecule has 0 unspecified atom stereocenters. The maximum atomic E-state index is 13.1. The van der Waals surface area contributed by atoms with E-state index in [1.165, 1.54) is 22.4 Å². The highest BCUT2D eigenvalue weighted by atomic mass is 32.2. The Balaban J connectivity index is 1.32. The zero-order valence-electron chi connectivity index (χ0n) is 16.8. The quantitative estimate of drug-likeness (QED) is 0.377. The summed E-state index contributed by atoms with van der Waals surface area (Å²) < 4.78 is 5.44. The maximum Gasteiger partial charge on any atom is 0.329 e. The van der Waals surface area contributed by atoms with Gasteiger partial charge in [0.25, 0.3) is 5.56 Å². The van der Waals surface area contributed by atoms with Crippen LogP contribution in [-0.4, -0.2) is 17.1 Å². The lowest BCUT2D eigenvalue weighted by atomic mass is 10.1. The third kappa shape index (κ3) is 4.04. The Hall–Kier alpha value is -3.23. The highest BCUT2D eigenvalue weighted by Gasteiger charge is 2.13. The molecular weight excluding hydrogens is 428 g/mol. The lowest BCUT2D eigenvalue weighted by Gasteiger charge is -2.10. The Kier molecular flexibility index (Phi) is 5.17. The van der Waals surface area contributed by atoms with Gasteiger partial charge in [-0.25, -0.2) is 4.79 Å². The molecule has 0 fully saturated rings. The number of anilines is 2. The molecule has 3 heterocycles. The second-order valence-corrected chi connectivity index (χ2v) is 9.73. The number of fused-ring (bicyclic) bond motifs is 2. The molecule has 1 aliphatic rings. The first-order chi connectivity index (χ1) is 15.1. The number of nitrogens with one attached hydrogen (secondary N) is 3. The van der Waals surface area contributed by atoms with Crippen molar-refractivity contribution in [3.8, 4) is 5.69 Å². The molecule has 156 valence electrons. The molecular formula is C23H20N4O2S2. The number of amides is 2. The van der Waals surface area contributed by atoms with Crippen molar-refractivity contribution in [3.05, 3.63) is 81.6 Å². The molecule has 8 heteroatoms. The van der Waals surface area contributed by atoms with E-state index in [2.05, 4.69) is 15.4 Å². The molecule has 0 bridgehead atoms. The van der Waals surface area contributed by atoms with Gasteiger partial charge in [-0.15, -0.1) is 11.3 Å². The number of aromatic nitrogens is 1. The van der Waals surface area contributed by atoms with Crippen LogP contribution < -0.4 is 20.9 Å². The van der Waals surface area contributed by atoms with Crippen molar-refractivity contribution in [1.82, 2.24) is 9.29 Å². The first-order valence-electron chi connectivity index (χ1n) is 9.90. The molecule has 2 amide bonds.